The number of benzene rings is 2. The molecule has 0 radical (unpaired) electrons. The molecule has 5 nitrogen and oxygen atoms in total. The van der Waals surface area contributed by atoms with Crippen LogP contribution in [0.2, 0.25) is 0 Å². The molecule has 1 N–H and O–H groups in total. The summed E-state index contributed by atoms with van der Waals surface area (Å²) >= 11 is 4.99. The number of likely N-dealkylation sites (N-methyl/N-ethyl adjacent to an activating group) is 1. The predicted molar refractivity (Wildman–Crippen MR) is 114 cm³/mol. The first-order valence-electron chi connectivity index (χ1n) is 8.60. The molecule has 0 bridgehead atoms. The maximum Gasteiger partial charge on any atom is 0.251 e. The highest BCUT2D eigenvalue weighted by molar-refractivity contribution is 9.11. The maximum atomic E-state index is 12.3. The van der Waals surface area contributed by atoms with E-state index in [1.165, 1.54) is 0 Å². The number of para-hydroxylation sites is 1. The summed E-state index contributed by atoms with van der Waals surface area (Å²) in [6.45, 7) is 0.459. The standard InChI is InChI=1S/C21H19BrN2O3S/c1-24(14-18-11-12-19(22)28-18)20(25)13-23-21(26)15-7-9-17(10-8-15)27-16-5-3-2-4-6-16/h2-12H,13-14H2,1H3,(H,23,26). The topological polar surface area (TPSA) is 58.6 Å². The van der Waals surface area contributed by atoms with Crippen molar-refractivity contribution in [2.24, 2.45) is 0 Å². The van der Waals surface area contributed by atoms with Crippen molar-refractivity contribution < 1.29 is 14.3 Å². The molecule has 0 fully saturated rings. The Morgan fingerprint density at radius 1 is 1.00 bits per heavy atom. The van der Waals surface area contributed by atoms with Crippen LogP contribution in [0.1, 0.15) is 15.2 Å². The number of halogens is 1. The van der Waals surface area contributed by atoms with Crippen molar-refractivity contribution in [2.45, 2.75) is 6.54 Å². The van der Waals surface area contributed by atoms with Gasteiger partial charge < -0.3 is 15.0 Å². The SMILES string of the molecule is CN(Cc1ccc(Br)s1)C(=O)CNC(=O)c1ccc(Oc2ccccc2)cc1. The summed E-state index contributed by atoms with van der Waals surface area (Å²) in [7, 11) is 1.72. The Bertz CT molecular complexity index is 942. The number of nitrogens with zero attached hydrogens (tertiary/aromatic N) is 1. The van der Waals surface area contributed by atoms with Crippen LogP contribution in [0.4, 0.5) is 0 Å². The van der Waals surface area contributed by atoms with E-state index in [9.17, 15) is 9.59 Å². The third-order valence-corrected chi connectivity index (χ3v) is 5.55. The van der Waals surface area contributed by atoms with E-state index < -0.39 is 0 Å². The number of rotatable bonds is 7. The summed E-state index contributed by atoms with van der Waals surface area (Å²) in [6.07, 6.45) is 0. The van der Waals surface area contributed by atoms with Crippen LogP contribution in [-0.2, 0) is 11.3 Å². The van der Waals surface area contributed by atoms with Gasteiger partial charge in [0.05, 0.1) is 16.9 Å². The van der Waals surface area contributed by atoms with Gasteiger partial charge in [-0.3, -0.25) is 9.59 Å². The monoisotopic (exact) mass is 458 g/mol. The first-order valence-corrected chi connectivity index (χ1v) is 10.2. The van der Waals surface area contributed by atoms with Crippen molar-refractivity contribution in [2.75, 3.05) is 13.6 Å². The fourth-order valence-corrected chi connectivity index (χ4v) is 3.99. The van der Waals surface area contributed by atoms with Gasteiger partial charge in [-0.25, -0.2) is 0 Å². The molecular formula is C21H19BrN2O3S. The Kier molecular flexibility index (Phi) is 6.84. The van der Waals surface area contributed by atoms with Gasteiger partial charge in [-0.1, -0.05) is 18.2 Å². The van der Waals surface area contributed by atoms with Gasteiger partial charge in [0.2, 0.25) is 5.91 Å². The van der Waals surface area contributed by atoms with Crippen molar-refractivity contribution in [1.29, 1.82) is 0 Å². The number of nitrogens with one attached hydrogen (secondary N) is 1. The molecule has 2 aromatic carbocycles. The molecule has 0 unspecified atom stereocenters. The smallest absolute Gasteiger partial charge is 0.251 e. The van der Waals surface area contributed by atoms with Gasteiger partial charge in [-0.2, -0.15) is 0 Å². The number of thiophene rings is 1. The van der Waals surface area contributed by atoms with E-state index in [-0.39, 0.29) is 18.4 Å². The molecular weight excluding hydrogens is 440 g/mol. The molecule has 7 heteroatoms. The first kappa shape index (κ1) is 20.1. The van der Waals surface area contributed by atoms with E-state index in [1.807, 2.05) is 42.5 Å². The number of ether oxygens (including phenoxy) is 1. The van der Waals surface area contributed by atoms with E-state index in [0.29, 0.717) is 17.9 Å². The molecule has 1 heterocycles. The largest absolute Gasteiger partial charge is 0.457 e. The summed E-state index contributed by atoms with van der Waals surface area (Å²) in [5.74, 6) is 0.917. The first-order chi connectivity index (χ1) is 13.5. The van der Waals surface area contributed by atoms with Crippen LogP contribution in [0.25, 0.3) is 0 Å². The zero-order chi connectivity index (χ0) is 19.9. The van der Waals surface area contributed by atoms with Gasteiger partial charge in [0, 0.05) is 17.5 Å². The Hall–Kier alpha value is -2.64. The molecule has 3 rings (SSSR count). The van der Waals surface area contributed by atoms with Gasteiger partial charge in [0.25, 0.3) is 5.91 Å². The second kappa shape index (κ2) is 9.52. The highest BCUT2D eigenvalue weighted by Gasteiger charge is 2.13. The van der Waals surface area contributed by atoms with Gasteiger partial charge >= 0.3 is 0 Å². The molecule has 0 spiro atoms. The lowest BCUT2D eigenvalue weighted by atomic mass is 10.2. The van der Waals surface area contributed by atoms with Crippen LogP contribution >= 0.6 is 27.3 Å². The van der Waals surface area contributed by atoms with Crippen LogP contribution < -0.4 is 10.1 Å². The van der Waals surface area contributed by atoms with Crippen molar-refractivity contribution in [3.63, 3.8) is 0 Å². The van der Waals surface area contributed by atoms with Gasteiger partial charge in [-0.05, 0) is 64.5 Å². The molecule has 28 heavy (non-hydrogen) atoms. The van der Waals surface area contributed by atoms with Gasteiger partial charge in [0.15, 0.2) is 0 Å². The normalized spacial score (nSPS) is 10.4. The lowest BCUT2D eigenvalue weighted by molar-refractivity contribution is -0.129. The zero-order valence-corrected chi connectivity index (χ0v) is 17.6. The van der Waals surface area contributed by atoms with Crippen molar-refractivity contribution in [1.82, 2.24) is 10.2 Å². The van der Waals surface area contributed by atoms with Crippen molar-refractivity contribution >= 4 is 39.1 Å². The van der Waals surface area contributed by atoms with Crippen molar-refractivity contribution in [3.05, 3.63) is 81.0 Å². The quantitative estimate of drug-likeness (QED) is 0.558. The summed E-state index contributed by atoms with van der Waals surface area (Å²) in [5, 5.41) is 2.66. The van der Waals surface area contributed by atoms with Gasteiger partial charge in [-0.15, -0.1) is 11.3 Å². The summed E-state index contributed by atoms with van der Waals surface area (Å²) in [5.41, 5.74) is 0.470. The third-order valence-electron chi connectivity index (χ3n) is 3.94. The molecule has 1 aromatic heterocycles. The minimum atomic E-state index is -0.299. The average Bonchev–Trinajstić information content (AvgIpc) is 3.11. The second-order valence-electron chi connectivity index (χ2n) is 6.08. The Labute approximate surface area is 176 Å². The van der Waals surface area contributed by atoms with Crippen LogP contribution in [0, 0.1) is 0 Å². The number of carbonyl (C=O) groups is 2. The molecule has 0 aliphatic heterocycles. The molecule has 3 aromatic rings. The Morgan fingerprint density at radius 3 is 2.32 bits per heavy atom. The average molecular weight is 459 g/mol. The fourth-order valence-electron chi connectivity index (χ4n) is 2.45. The number of hydrogen-bond acceptors (Lipinski definition) is 4. The minimum Gasteiger partial charge on any atom is -0.457 e. The van der Waals surface area contributed by atoms with Crippen molar-refractivity contribution in [3.8, 4) is 11.5 Å². The minimum absolute atomic E-state index is 0.0514. The molecule has 0 saturated heterocycles. The fraction of sp³-hybridized carbons (Fsp3) is 0.143. The van der Waals surface area contributed by atoms with E-state index in [4.69, 9.17) is 4.74 Å². The molecule has 2 amide bonds. The lowest BCUT2D eigenvalue weighted by Gasteiger charge is -2.16. The Balaban J connectivity index is 1.49. The van der Waals surface area contributed by atoms with Gasteiger partial charge in [0.1, 0.15) is 11.5 Å². The van der Waals surface area contributed by atoms with E-state index in [1.54, 1.807) is 47.5 Å². The number of hydrogen-bond donors (Lipinski definition) is 1. The molecule has 144 valence electrons. The van der Waals surface area contributed by atoms with E-state index >= 15 is 0 Å². The van der Waals surface area contributed by atoms with Crippen LogP contribution in [0.15, 0.2) is 70.5 Å². The van der Waals surface area contributed by atoms with Crippen LogP contribution in [-0.4, -0.2) is 30.3 Å². The summed E-state index contributed by atoms with van der Waals surface area (Å²) in [4.78, 5) is 27.2. The maximum absolute atomic E-state index is 12.3. The molecule has 0 atom stereocenters. The third kappa shape index (κ3) is 5.68. The second-order valence-corrected chi connectivity index (χ2v) is 8.63. The highest BCUT2D eigenvalue weighted by Crippen LogP contribution is 2.23. The summed E-state index contributed by atoms with van der Waals surface area (Å²) in [6, 6.07) is 20.1. The predicted octanol–water partition coefficient (Wildman–Crippen LogP) is 4.69. The Morgan fingerprint density at radius 2 is 1.68 bits per heavy atom. The summed E-state index contributed by atoms with van der Waals surface area (Å²) < 4.78 is 6.73. The molecule has 0 aliphatic carbocycles. The lowest BCUT2D eigenvalue weighted by Crippen LogP contribution is -2.37. The number of carbonyl (C=O) groups excluding carboxylic acids is 2. The number of amides is 2. The molecule has 0 aliphatic rings. The zero-order valence-electron chi connectivity index (χ0n) is 15.2. The highest BCUT2D eigenvalue weighted by atomic mass is 79.9. The van der Waals surface area contributed by atoms with Crippen LogP contribution in [0.3, 0.4) is 0 Å². The van der Waals surface area contributed by atoms with E-state index in [0.717, 1.165) is 14.4 Å². The molecule has 0 saturated carbocycles. The van der Waals surface area contributed by atoms with Crippen LogP contribution in [0.5, 0.6) is 11.5 Å². The van der Waals surface area contributed by atoms with E-state index in [2.05, 4.69) is 21.2 Å².